The van der Waals surface area contributed by atoms with Crippen LogP contribution in [0.2, 0.25) is 0 Å². The van der Waals surface area contributed by atoms with Gasteiger partial charge in [-0.2, -0.15) is 0 Å². The minimum absolute atomic E-state index is 0.120. The molecule has 1 nitrogen and oxygen atoms in total. The molecule has 0 fully saturated rings. The van der Waals surface area contributed by atoms with Crippen LogP contribution in [0.1, 0.15) is 23.6 Å². The van der Waals surface area contributed by atoms with Gasteiger partial charge in [0, 0.05) is 6.04 Å². The van der Waals surface area contributed by atoms with Gasteiger partial charge in [0.05, 0.1) is 3.57 Å². The third-order valence-corrected chi connectivity index (χ3v) is 3.50. The van der Waals surface area contributed by atoms with Gasteiger partial charge in [0.15, 0.2) is 0 Å². The van der Waals surface area contributed by atoms with Gasteiger partial charge in [-0.25, -0.2) is 4.39 Å². The van der Waals surface area contributed by atoms with Crippen LogP contribution in [0.25, 0.3) is 0 Å². The number of hydrogen-bond acceptors (Lipinski definition) is 1. The van der Waals surface area contributed by atoms with Crippen LogP contribution in [0.15, 0.2) is 12.1 Å². The van der Waals surface area contributed by atoms with Crippen molar-refractivity contribution >= 4 is 22.6 Å². The molecule has 1 aliphatic rings. The minimum Gasteiger partial charge on any atom is -0.324 e. The molecule has 1 aromatic carbocycles. The smallest absolute Gasteiger partial charge is 0.136 e. The van der Waals surface area contributed by atoms with E-state index in [2.05, 4.69) is 22.6 Å². The second kappa shape index (κ2) is 2.96. The van der Waals surface area contributed by atoms with Crippen molar-refractivity contribution in [2.24, 2.45) is 5.73 Å². The number of rotatable bonds is 0. The molecule has 0 heterocycles. The first-order valence-corrected chi connectivity index (χ1v) is 5.00. The first-order valence-electron chi connectivity index (χ1n) is 3.92. The number of nitrogens with two attached hydrogens (primary N) is 1. The summed E-state index contributed by atoms with van der Waals surface area (Å²) < 4.78 is 13.8. The first-order chi connectivity index (χ1) is 5.70. The largest absolute Gasteiger partial charge is 0.324 e. The van der Waals surface area contributed by atoms with Crippen molar-refractivity contribution < 1.29 is 4.39 Å². The fraction of sp³-hybridized carbons (Fsp3) is 0.333. The van der Waals surface area contributed by atoms with Gasteiger partial charge in [0.1, 0.15) is 5.82 Å². The highest BCUT2D eigenvalue weighted by atomic mass is 127. The Morgan fingerprint density at radius 1 is 1.50 bits per heavy atom. The van der Waals surface area contributed by atoms with E-state index in [4.69, 9.17) is 5.73 Å². The van der Waals surface area contributed by atoms with E-state index < -0.39 is 0 Å². The Morgan fingerprint density at radius 2 is 2.25 bits per heavy atom. The molecule has 1 atom stereocenters. The summed E-state index contributed by atoms with van der Waals surface area (Å²) in [6, 6.07) is 3.44. The van der Waals surface area contributed by atoms with Crippen molar-refractivity contribution in [3.63, 3.8) is 0 Å². The maximum absolute atomic E-state index is 13.1. The van der Waals surface area contributed by atoms with Crippen LogP contribution >= 0.6 is 22.6 Å². The van der Waals surface area contributed by atoms with Gasteiger partial charge in [-0.15, -0.1) is 0 Å². The summed E-state index contributed by atoms with van der Waals surface area (Å²) in [7, 11) is 0. The molecule has 0 saturated carbocycles. The summed E-state index contributed by atoms with van der Waals surface area (Å²) in [6.45, 7) is 0. The Kier molecular flexibility index (Phi) is 2.08. The van der Waals surface area contributed by atoms with E-state index in [0.717, 1.165) is 27.5 Å². The number of fused-ring (bicyclic) bond motifs is 1. The minimum atomic E-state index is -0.122. The standard InChI is InChI=1S/C9H9FIN/c10-7-3-1-5-6(9(7)11)2-4-8(5)12/h1,3,8H,2,4,12H2/t8-/m1/s1. The highest BCUT2D eigenvalue weighted by Gasteiger charge is 2.22. The highest BCUT2D eigenvalue weighted by Crippen LogP contribution is 2.33. The molecule has 0 amide bonds. The first kappa shape index (κ1) is 8.44. The van der Waals surface area contributed by atoms with Crippen molar-refractivity contribution in [3.8, 4) is 0 Å². The van der Waals surface area contributed by atoms with Crippen LogP contribution in [-0.4, -0.2) is 0 Å². The predicted molar refractivity (Wildman–Crippen MR) is 54.4 cm³/mol. The molecule has 1 aromatic rings. The van der Waals surface area contributed by atoms with Crippen LogP contribution in [0.5, 0.6) is 0 Å². The normalized spacial score (nSPS) is 21.1. The maximum atomic E-state index is 13.1. The van der Waals surface area contributed by atoms with E-state index >= 15 is 0 Å². The molecule has 0 saturated heterocycles. The molecule has 3 heteroatoms. The van der Waals surface area contributed by atoms with Gasteiger partial charge in [0.2, 0.25) is 0 Å². The van der Waals surface area contributed by atoms with Crippen LogP contribution in [0.3, 0.4) is 0 Å². The van der Waals surface area contributed by atoms with Gasteiger partial charge in [-0.1, -0.05) is 6.07 Å². The molecular weight excluding hydrogens is 268 g/mol. The Bertz CT molecular complexity index is 325. The Hall–Kier alpha value is -0.160. The van der Waals surface area contributed by atoms with E-state index in [1.807, 2.05) is 6.07 Å². The molecule has 0 aliphatic heterocycles. The lowest BCUT2D eigenvalue weighted by atomic mass is 10.1. The van der Waals surface area contributed by atoms with Gasteiger partial charge in [-0.05, 0) is 52.6 Å². The van der Waals surface area contributed by atoms with E-state index in [9.17, 15) is 4.39 Å². The second-order valence-electron chi connectivity index (χ2n) is 3.07. The number of halogens is 2. The highest BCUT2D eigenvalue weighted by molar-refractivity contribution is 14.1. The lowest BCUT2D eigenvalue weighted by molar-refractivity contribution is 0.617. The van der Waals surface area contributed by atoms with Crippen LogP contribution in [-0.2, 0) is 6.42 Å². The molecule has 0 aromatic heterocycles. The third-order valence-electron chi connectivity index (χ3n) is 2.34. The van der Waals surface area contributed by atoms with Crippen molar-refractivity contribution in [2.75, 3.05) is 0 Å². The van der Waals surface area contributed by atoms with Gasteiger partial charge in [0.25, 0.3) is 0 Å². The fourth-order valence-electron chi connectivity index (χ4n) is 1.66. The van der Waals surface area contributed by atoms with Crippen molar-refractivity contribution in [2.45, 2.75) is 18.9 Å². The maximum Gasteiger partial charge on any atom is 0.136 e. The van der Waals surface area contributed by atoms with Crippen molar-refractivity contribution in [1.29, 1.82) is 0 Å². The molecule has 2 N–H and O–H groups in total. The van der Waals surface area contributed by atoms with Crippen LogP contribution in [0, 0.1) is 9.39 Å². The van der Waals surface area contributed by atoms with Crippen LogP contribution in [0.4, 0.5) is 4.39 Å². The molecule has 0 spiro atoms. The average Bonchev–Trinajstić information content (AvgIpc) is 2.41. The van der Waals surface area contributed by atoms with Gasteiger partial charge < -0.3 is 5.73 Å². The van der Waals surface area contributed by atoms with Crippen molar-refractivity contribution in [1.82, 2.24) is 0 Å². The molecule has 1 aliphatic carbocycles. The average molecular weight is 277 g/mol. The van der Waals surface area contributed by atoms with E-state index in [1.54, 1.807) is 0 Å². The molecule has 0 bridgehead atoms. The SMILES string of the molecule is N[C@@H]1CCc2c1ccc(F)c2I. The molecule has 0 radical (unpaired) electrons. The fourth-order valence-corrected chi connectivity index (χ4v) is 2.43. The summed E-state index contributed by atoms with van der Waals surface area (Å²) in [5.74, 6) is -0.122. The Labute approximate surface area is 84.3 Å². The van der Waals surface area contributed by atoms with E-state index in [1.165, 1.54) is 6.07 Å². The predicted octanol–water partition coefficient (Wildman–Crippen LogP) is 2.38. The summed E-state index contributed by atoms with van der Waals surface area (Å²) in [5.41, 5.74) is 8.08. The zero-order valence-electron chi connectivity index (χ0n) is 6.48. The summed E-state index contributed by atoms with van der Waals surface area (Å²) >= 11 is 2.05. The summed E-state index contributed by atoms with van der Waals surface area (Å²) in [4.78, 5) is 0. The number of hydrogen-bond donors (Lipinski definition) is 1. The van der Waals surface area contributed by atoms with Gasteiger partial charge in [-0.3, -0.25) is 0 Å². The van der Waals surface area contributed by atoms with E-state index in [0.29, 0.717) is 0 Å². The zero-order valence-corrected chi connectivity index (χ0v) is 8.64. The van der Waals surface area contributed by atoms with E-state index in [-0.39, 0.29) is 11.9 Å². The van der Waals surface area contributed by atoms with Crippen LogP contribution < -0.4 is 5.73 Å². The topological polar surface area (TPSA) is 26.0 Å². The zero-order chi connectivity index (χ0) is 8.72. The second-order valence-corrected chi connectivity index (χ2v) is 4.15. The molecule has 0 unspecified atom stereocenters. The van der Waals surface area contributed by atoms with Gasteiger partial charge >= 0.3 is 0 Å². The van der Waals surface area contributed by atoms with Crippen molar-refractivity contribution in [3.05, 3.63) is 32.6 Å². The number of benzene rings is 1. The summed E-state index contributed by atoms with van der Waals surface area (Å²) in [5, 5.41) is 0. The quantitative estimate of drug-likeness (QED) is 0.724. The monoisotopic (exact) mass is 277 g/mol. The molecular formula is C9H9FIN. The Morgan fingerprint density at radius 3 is 3.00 bits per heavy atom. The summed E-state index contributed by atoms with van der Waals surface area (Å²) in [6.07, 6.45) is 1.88. The lowest BCUT2D eigenvalue weighted by Gasteiger charge is -2.05. The Balaban J connectivity index is 2.60. The molecule has 2 rings (SSSR count). The third kappa shape index (κ3) is 1.15. The molecule has 12 heavy (non-hydrogen) atoms. The molecule has 64 valence electrons. The lowest BCUT2D eigenvalue weighted by Crippen LogP contribution is -2.05.